The van der Waals surface area contributed by atoms with Crippen molar-refractivity contribution in [2.75, 3.05) is 0 Å². The number of pyridine rings is 1. The van der Waals surface area contributed by atoms with Gasteiger partial charge < -0.3 is 9.63 Å². The predicted octanol–water partition coefficient (Wildman–Crippen LogP) is 2.81. The fourth-order valence-electron chi connectivity index (χ4n) is 1.81. The molecule has 0 aliphatic carbocycles. The minimum Gasteiger partial charge on any atom is -0.508 e. The molecular formula is C14H11N3O2. The molecule has 94 valence electrons. The fourth-order valence-corrected chi connectivity index (χ4v) is 1.81. The molecule has 3 aromatic rings. The average Bonchev–Trinajstić information content (AvgIpc) is 2.92. The summed E-state index contributed by atoms with van der Waals surface area (Å²) >= 11 is 0. The lowest BCUT2D eigenvalue weighted by atomic mass is 10.1. The third-order valence-corrected chi connectivity index (χ3v) is 2.90. The number of phenolic OH excluding ortho intramolecular Hbond substituents is 1. The molecule has 1 aromatic carbocycles. The van der Waals surface area contributed by atoms with E-state index in [1.165, 1.54) is 0 Å². The summed E-state index contributed by atoms with van der Waals surface area (Å²) in [5, 5.41) is 13.6. The predicted molar refractivity (Wildman–Crippen MR) is 69.4 cm³/mol. The van der Waals surface area contributed by atoms with Crippen molar-refractivity contribution < 1.29 is 9.63 Å². The Bertz CT molecular complexity index is 708. The van der Waals surface area contributed by atoms with Crippen LogP contribution in [0.25, 0.3) is 22.8 Å². The molecule has 0 aliphatic rings. The summed E-state index contributed by atoms with van der Waals surface area (Å²) in [5.74, 6) is 1.10. The monoisotopic (exact) mass is 253 g/mol. The van der Waals surface area contributed by atoms with Gasteiger partial charge in [0.15, 0.2) is 0 Å². The summed E-state index contributed by atoms with van der Waals surface area (Å²) in [5.41, 5.74) is 2.28. The van der Waals surface area contributed by atoms with Crippen molar-refractivity contribution in [1.29, 1.82) is 0 Å². The molecule has 0 fully saturated rings. The van der Waals surface area contributed by atoms with E-state index >= 15 is 0 Å². The lowest BCUT2D eigenvalue weighted by Crippen LogP contribution is -1.85. The molecule has 0 radical (unpaired) electrons. The number of benzene rings is 1. The van der Waals surface area contributed by atoms with E-state index in [1.807, 2.05) is 18.2 Å². The highest BCUT2D eigenvalue weighted by molar-refractivity contribution is 5.64. The summed E-state index contributed by atoms with van der Waals surface area (Å²) in [6.07, 6.45) is 3.34. The summed E-state index contributed by atoms with van der Waals surface area (Å²) in [6.45, 7) is 1.81. The third kappa shape index (κ3) is 2.06. The largest absolute Gasteiger partial charge is 0.508 e. The highest BCUT2D eigenvalue weighted by Crippen LogP contribution is 2.29. The molecule has 3 rings (SSSR count). The molecule has 0 unspecified atom stereocenters. The van der Waals surface area contributed by atoms with Gasteiger partial charge in [-0.05, 0) is 31.2 Å². The van der Waals surface area contributed by atoms with E-state index in [1.54, 1.807) is 31.5 Å². The average molecular weight is 253 g/mol. The van der Waals surface area contributed by atoms with Gasteiger partial charge in [-0.15, -0.1) is 0 Å². The van der Waals surface area contributed by atoms with Crippen LogP contribution in [-0.4, -0.2) is 20.2 Å². The normalized spacial score (nSPS) is 10.6. The lowest BCUT2D eigenvalue weighted by Gasteiger charge is -2.01. The maximum Gasteiger partial charge on any atom is 0.258 e. The Labute approximate surface area is 109 Å². The van der Waals surface area contributed by atoms with Gasteiger partial charge in [0.05, 0.1) is 0 Å². The maximum absolute atomic E-state index is 9.69. The standard InChI is InChI=1S/C14H11N3O2/c1-9-11(3-2-4-12(9)18)14-16-13(17-19-14)10-5-7-15-8-6-10/h2-8,18H,1H3. The first-order valence-electron chi connectivity index (χ1n) is 5.79. The van der Waals surface area contributed by atoms with Crippen LogP contribution in [0.2, 0.25) is 0 Å². The van der Waals surface area contributed by atoms with Crippen molar-refractivity contribution >= 4 is 0 Å². The lowest BCUT2D eigenvalue weighted by molar-refractivity contribution is 0.431. The highest BCUT2D eigenvalue weighted by atomic mass is 16.5. The molecule has 5 heteroatoms. The van der Waals surface area contributed by atoms with E-state index in [2.05, 4.69) is 15.1 Å². The molecule has 0 bridgehead atoms. The molecule has 2 aromatic heterocycles. The Morgan fingerprint density at radius 2 is 1.89 bits per heavy atom. The van der Waals surface area contributed by atoms with Crippen LogP contribution in [0.5, 0.6) is 5.75 Å². The van der Waals surface area contributed by atoms with E-state index in [9.17, 15) is 5.11 Å². The molecular weight excluding hydrogens is 242 g/mol. The van der Waals surface area contributed by atoms with Gasteiger partial charge >= 0.3 is 0 Å². The second kappa shape index (κ2) is 4.53. The molecule has 2 heterocycles. The second-order valence-corrected chi connectivity index (χ2v) is 4.11. The number of hydrogen-bond donors (Lipinski definition) is 1. The zero-order valence-electron chi connectivity index (χ0n) is 10.2. The second-order valence-electron chi connectivity index (χ2n) is 4.11. The van der Waals surface area contributed by atoms with Crippen molar-refractivity contribution in [1.82, 2.24) is 15.1 Å². The van der Waals surface area contributed by atoms with Gasteiger partial charge in [-0.2, -0.15) is 4.98 Å². The molecule has 0 amide bonds. The minimum absolute atomic E-state index is 0.209. The zero-order valence-corrected chi connectivity index (χ0v) is 10.2. The van der Waals surface area contributed by atoms with Crippen molar-refractivity contribution in [3.8, 4) is 28.6 Å². The number of aromatic nitrogens is 3. The van der Waals surface area contributed by atoms with Crippen LogP contribution >= 0.6 is 0 Å². The van der Waals surface area contributed by atoms with E-state index in [0.717, 1.165) is 11.1 Å². The summed E-state index contributed by atoms with van der Waals surface area (Å²) in [4.78, 5) is 8.28. The van der Waals surface area contributed by atoms with Crippen LogP contribution in [0.4, 0.5) is 0 Å². The molecule has 0 saturated heterocycles. The van der Waals surface area contributed by atoms with Crippen molar-refractivity contribution in [2.24, 2.45) is 0 Å². The van der Waals surface area contributed by atoms with Crippen LogP contribution in [0.15, 0.2) is 47.2 Å². The Hall–Kier alpha value is -2.69. The molecule has 5 nitrogen and oxygen atoms in total. The van der Waals surface area contributed by atoms with Gasteiger partial charge in [-0.1, -0.05) is 11.2 Å². The molecule has 0 aliphatic heterocycles. The van der Waals surface area contributed by atoms with Gasteiger partial charge in [0.2, 0.25) is 5.82 Å². The van der Waals surface area contributed by atoms with Crippen molar-refractivity contribution in [2.45, 2.75) is 6.92 Å². The number of hydrogen-bond acceptors (Lipinski definition) is 5. The minimum atomic E-state index is 0.209. The summed E-state index contributed by atoms with van der Waals surface area (Å²) in [7, 11) is 0. The topological polar surface area (TPSA) is 72.0 Å². The first-order chi connectivity index (χ1) is 9.25. The van der Waals surface area contributed by atoms with Crippen LogP contribution in [0.3, 0.4) is 0 Å². The van der Waals surface area contributed by atoms with Gasteiger partial charge in [0, 0.05) is 29.1 Å². The smallest absolute Gasteiger partial charge is 0.258 e. The number of aromatic hydroxyl groups is 1. The molecule has 0 saturated carbocycles. The van der Waals surface area contributed by atoms with Crippen LogP contribution < -0.4 is 0 Å². The van der Waals surface area contributed by atoms with Gasteiger partial charge in [0.25, 0.3) is 5.89 Å². The van der Waals surface area contributed by atoms with Crippen LogP contribution in [0.1, 0.15) is 5.56 Å². The molecule has 19 heavy (non-hydrogen) atoms. The summed E-state index contributed by atoms with van der Waals surface area (Å²) in [6, 6.07) is 8.82. The number of nitrogens with zero attached hydrogens (tertiary/aromatic N) is 3. The Kier molecular flexibility index (Phi) is 2.72. The van der Waals surface area contributed by atoms with E-state index in [-0.39, 0.29) is 5.75 Å². The number of phenols is 1. The van der Waals surface area contributed by atoms with E-state index < -0.39 is 0 Å². The molecule has 0 spiro atoms. The maximum atomic E-state index is 9.69. The Morgan fingerprint density at radius 1 is 1.11 bits per heavy atom. The quantitative estimate of drug-likeness (QED) is 0.760. The van der Waals surface area contributed by atoms with Gasteiger partial charge in [0.1, 0.15) is 5.75 Å². The third-order valence-electron chi connectivity index (χ3n) is 2.90. The van der Waals surface area contributed by atoms with Gasteiger partial charge in [-0.3, -0.25) is 4.98 Å². The van der Waals surface area contributed by atoms with Crippen molar-refractivity contribution in [3.63, 3.8) is 0 Å². The molecule has 1 N–H and O–H groups in total. The Balaban J connectivity index is 2.05. The highest BCUT2D eigenvalue weighted by Gasteiger charge is 2.13. The van der Waals surface area contributed by atoms with Crippen LogP contribution in [0, 0.1) is 6.92 Å². The summed E-state index contributed by atoms with van der Waals surface area (Å²) < 4.78 is 5.25. The number of rotatable bonds is 2. The van der Waals surface area contributed by atoms with Crippen molar-refractivity contribution in [3.05, 3.63) is 48.3 Å². The zero-order chi connectivity index (χ0) is 13.2. The molecule has 0 atom stereocenters. The Morgan fingerprint density at radius 3 is 2.68 bits per heavy atom. The van der Waals surface area contributed by atoms with Crippen LogP contribution in [-0.2, 0) is 0 Å². The van der Waals surface area contributed by atoms with E-state index in [4.69, 9.17) is 4.52 Å². The first kappa shape index (κ1) is 11.4. The fraction of sp³-hybridized carbons (Fsp3) is 0.0714. The SMILES string of the molecule is Cc1c(O)cccc1-c1nc(-c2ccncc2)no1. The van der Waals surface area contributed by atoms with Gasteiger partial charge in [-0.25, -0.2) is 0 Å². The van der Waals surface area contributed by atoms with E-state index in [0.29, 0.717) is 17.3 Å². The first-order valence-corrected chi connectivity index (χ1v) is 5.79.